The first kappa shape index (κ1) is 16.1. The molecule has 0 radical (unpaired) electrons. The van der Waals surface area contributed by atoms with Gasteiger partial charge in [-0.3, -0.25) is 9.69 Å². The van der Waals surface area contributed by atoms with Gasteiger partial charge in [0.2, 0.25) is 0 Å². The Kier molecular flexibility index (Phi) is 5.38. The highest BCUT2D eigenvalue weighted by atomic mass is 32.1. The number of morpholine rings is 1. The molecule has 0 spiro atoms. The Morgan fingerprint density at radius 3 is 3.00 bits per heavy atom. The van der Waals surface area contributed by atoms with Crippen molar-refractivity contribution < 1.29 is 9.53 Å². The molecule has 122 valence electrons. The van der Waals surface area contributed by atoms with Crippen molar-refractivity contribution in [1.82, 2.24) is 15.2 Å². The van der Waals surface area contributed by atoms with Gasteiger partial charge in [0.15, 0.2) is 0 Å². The van der Waals surface area contributed by atoms with Crippen LogP contribution in [0, 0.1) is 6.92 Å². The fourth-order valence-electron chi connectivity index (χ4n) is 2.61. The molecule has 0 aliphatic carbocycles. The molecule has 0 bridgehead atoms. The molecule has 1 aliphatic rings. The molecule has 6 heteroatoms. The number of amides is 1. The predicted molar refractivity (Wildman–Crippen MR) is 90.2 cm³/mol. The molecule has 0 unspecified atom stereocenters. The molecule has 1 fully saturated rings. The average molecular weight is 331 g/mol. The Labute approximate surface area is 140 Å². The minimum absolute atomic E-state index is 0.0596. The van der Waals surface area contributed by atoms with E-state index in [1.165, 1.54) is 5.56 Å². The number of hydrogen-bond donors (Lipinski definition) is 1. The molecule has 2 aromatic rings. The molecule has 3 rings (SSSR count). The number of carbonyl (C=O) groups is 1. The van der Waals surface area contributed by atoms with Crippen LogP contribution < -0.4 is 5.32 Å². The van der Waals surface area contributed by atoms with Gasteiger partial charge in [0.05, 0.1) is 13.2 Å². The minimum Gasteiger partial charge on any atom is -0.366 e. The van der Waals surface area contributed by atoms with Crippen LogP contribution in [-0.4, -0.2) is 41.6 Å². The Balaban J connectivity index is 1.50. The summed E-state index contributed by atoms with van der Waals surface area (Å²) >= 11 is 1.56. The van der Waals surface area contributed by atoms with Crippen LogP contribution >= 0.6 is 11.3 Å². The van der Waals surface area contributed by atoms with Crippen molar-refractivity contribution in [2.24, 2.45) is 0 Å². The lowest BCUT2D eigenvalue weighted by Crippen LogP contribution is -2.49. The first-order valence-electron chi connectivity index (χ1n) is 7.77. The zero-order valence-corrected chi connectivity index (χ0v) is 14.0. The standard InChI is InChI=1S/C17H21N3O2S/c1-13-12-23-16(19-13)9-18-17(21)15-11-20(7-8-22-15)10-14-5-3-2-4-6-14/h2-6,12,15H,7-11H2,1H3,(H,18,21)/t15-/m1/s1. The van der Waals surface area contributed by atoms with E-state index >= 15 is 0 Å². The number of aromatic nitrogens is 1. The topological polar surface area (TPSA) is 54.5 Å². The Morgan fingerprint density at radius 1 is 1.43 bits per heavy atom. The smallest absolute Gasteiger partial charge is 0.250 e. The summed E-state index contributed by atoms with van der Waals surface area (Å²) in [7, 11) is 0. The Hall–Kier alpha value is -1.76. The van der Waals surface area contributed by atoms with Gasteiger partial charge in [-0.2, -0.15) is 0 Å². The molecule has 1 aromatic carbocycles. The van der Waals surface area contributed by atoms with E-state index in [9.17, 15) is 4.79 Å². The van der Waals surface area contributed by atoms with E-state index in [1.807, 2.05) is 30.5 Å². The maximum absolute atomic E-state index is 12.3. The highest BCUT2D eigenvalue weighted by Crippen LogP contribution is 2.12. The van der Waals surface area contributed by atoms with E-state index < -0.39 is 6.10 Å². The fraction of sp³-hybridized carbons (Fsp3) is 0.412. The molecule has 0 saturated carbocycles. The quantitative estimate of drug-likeness (QED) is 0.910. The zero-order valence-electron chi connectivity index (χ0n) is 13.2. The number of hydrogen-bond acceptors (Lipinski definition) is 5. The monoisotopic (exact) mass is 331 g/mol. The Bertz CT molecular complexity index is 644. The first-order valence-corrected chi connectivity index (χ1v) is 8.65. The number of nitrogens with one attached hydrogen (secondary N) is 1. The number of aryl methyl sites for hydroxylation is 1. The normalized spacial score (nSPS) is 18.7. The maximum Gasteiger partial charge on any atom is 0.250 e. The van der Waals surface area contributed by atoms with Gasteiger partial charge in [-0.1, -0.05) is 30.3 Å². The highest BCUT2D eigenvalue weighted by Gasteiger charge is 2.26. The van der Waals surface area contributed by atoms with Crippen molar-refractivity contribution in [2.45, 2.75) is 26.1 Å². The van der Waals surface area contributed by atoms with Crippen molar-refractivity contribution >= 4 is 17.2 Å². The number of nitrogens with zero attached hydrogens (tertiary/aromatic N) is 2. The van der Waals surface area contributed by atoms with Crippen LogP contribution in [0.5, 0.6) is 0 Å². The molecule has 1 N–H and O–H groups in total. The second-order valence-electron chi connectivity index (χ2n) is 5.68. The predicted octanol–water partition coefficient (Wildman–Crippen LogP) is 1.97. The van der Waals surface area contributed by atoms with E-state index in [0.29, 0.717) is 19.7 Å². The van der Waals surface area contributed by atoms with E-state index in [0.717, 1.165) is 23.8 Å². The number of benzene rings is 1. The minimum atomic E-state index is -0.409. The fourth-order valence-corrected chi connectivity index (χ4v) is 3.32. The van der Waals surface area contributed by atoms with Gasteiger partial charge in [0.25, 0.3) is 5.91 Å². The third-order valence-electron chi connectivity index (χ3n) is 3.77. The van der Waals surface area contributed by atoms with E-state index in [4.69, 9.17) is 4.74 Å². The number of rotatable bonds is 5. The third kappa shape index (κ3) is 4.60. The van der Waals surface area contributed by atoms with Crippen LogP contribution in [0.2, 0.25) is 0 Å². The summed E-state index contributed by atoms with van der Waals surface area (Å²) in [4.78, 5) is 18.9. The Morgan fingerprint density at radius 2 is 2.26 bits per heavy atom. The van der Waals surface area contributed by atoms with Crippen molar-refractivity contribution in [3.05, 3.63) is 52.0 Å². The molecule has 2 heterocycles. The van der Waals surface area contributed by atoms with E-state index in [1.54, 1.807) is 11.3 Å². The van der Waals surface area contributed by atoms with Gasteiger partial charge in [0, 0.05) is 30.7 Å². The van der Waals surface area contributed by atoms with Crippen LogP contribution in [0.25, 0.3) is 0 Å². The number of carbonyl (C=O) groups excluding carboxylic acids is 1. The lowest BCUT2D eigenvalue weighted by Gasteiger charge is -2.32. The van der Waals surface area contributed by atoms with Crippen LogP contribution in [0.15, 0.2) is 35.7 Å². The number of ether oxygens (including phenoxy) is 1. The van der Waals surface area contributed by atoms with E-state index in [-0.39, 0.29) is 5.91 Å². The molecule has 1 aromatic heterocycles. The van der Waals surface area contributed by atoms with Gasteiger partial charge in [-0.05, 0) is 12.5 Å². The van der Waals surface area contributed by atoms with Crippen molar-refractivity contribution in [1.29, 1.82) is 0 Å². The third-order valence-corrected chi connectivity index (χ3v) is 4.74. The summed E-state index contributed by atoms with van der Waals surface area (Å²) in [5, 5.41) is 5.83. The maximum atomic E-state index is 12.3. The molecule has 23 heavy (non-hydrogen) atoms. The number of thiazole rings is 1. The van der Waals surface area contributed by atoms with Crippen LogP contribution in [0.1, 0.15) is 16.3 Å². The summed E-state index contributed by atoms with van der Waals surface area (Å²) in [6.45, 7) is 5.33. The molecule has 1 amide bonds. The molecule has 1 saturated heterocycles. The van der Waals surface area contributed by atoms with Gasteiger partial charge in [-0.25, -0.2) is 4.98 Å². The first-order chi connectivity index (χ1) is 11.2. The molecule has 5 nitrogen and oxygen atoms in total. The van der Waals surface area contributed by atoms with Crippen molar-refractivity contribution in [3.63, 3.8) is 0 Å². The molecule has 1 aliphatic heterocycles. The van der Waals surface area contributed by atoms with E-state index in [2.05, 4.69) is 27.3 Å². The lowest BCUT2D eigenvalue weighted by atomic mass is 10.2. The van der Waals surface area contributed by atoms with Gasteiger partial charge in [-0.15, -0.1) is 11.3 Å². The summed E-state index contributed by atoms with van der Waals surface area (Å²) in [6, 6.07) is 10.3. The van der Waals surface area contributed by atoms with Crippen LogP contribution in [0.3, 0.4) is 0 Å². The molecule has 1 atom stereocenters. The summed E-state index contributed by atoms with van der Waals surface area (Å²) in [5.41, 5.74) is 2.24. The molecular weight excluding hydrogens is 310 g/mol. The van der Waals surface area contributed by atoms with Crippen LogP contribution in [0.4, 0.5) is 0 Å². The summed E-state index contributed by atoms with van der Waals surface area (Å²) < 4.78 is 5.63. The lowest BCUT2D eigenvalue weighted by molar-refractivity contribution is -0.139. The largest absolute Gasteiger partial charge is 0.366 e. The van der Waals surface area contributed by atoms with Crippen LogP contribution in [-0.2, 0) is 22.6 Å². The van der Waals surface area contributed by atoms with Gasteiger partial charge >= 0.3 is 0 Å². The van der Waals surface area contributed by atoms with Gasteiger partial charge < -0.3 is 10.1 Å². The summed E-state index contributed by atoms with van der Waals surface area (Å²) in [5.74, 6) is -0.0596. The zero-order chi connectivity index (χ0) is 16.1. The molecular formula is C17H21N3O2S. The van der Waals surface area contributed by atoms with Gasteiger partial charge in [0.1, 0.15) is 11.1 Å². The van der Waals surface area contributed by atoms with Crippen molar-refractivity contribution in [3.8, 4) is 0 Å². The SMILES string of the molecule is Cc1csc(CNC(=O)[C@H]2CN(Cc3ccccc3)CCO2)n1. The summed E-state index contributed by atoms with van der Waals surface area (Å²) in [6.07, 6.45) is -0.409. The second kappa shape index (κ2) is 7.68. The average Bonchev–Trinajstić information content (AvgIpc) is 2.99. The van der Waals surface area contributed by atoms with Crippen molar-refractivity contribution in [2.75, 3.05) is 19.7 Å². The second-order valence-corrected chi connectivity index (χ2v) is 6.62. The highest BCUT2D eigenvalue weighted by molar-refractivity contribution is 7.09.